The summed E-state index contributed by atoms with van der Waals surface area (Å²) in [6.45, 7) is 4.39. The van der Waals surface area contributed by atoms with Gasteiger partial charge in [0, 0.05) is 17.4 Å². The van der Waals surface area contributed by atoms with Crippen LogP contribution in [-0.2, 0) is 12.8 Å². The van der Waals surface area contributed by atoms with Crippen molar-refractivity contribution in [3.63, 3.8) is 0 Å². The van der Waals surface area contributed by atoms with Crippen LogP contribution in [0.2, 0.25) is 0 Å². The van der Waals surface area contributed by atoms with Crippen LogP contribution < -0.4 is 10.2 Å². The maximum atomic E-state index is 5.67. The molecule has 0 fully saturated rings. The van der Waals surface area contributed by atoms with Gasteiger partial charge in [0.1, 0.15) is 0 Å². The monoisotopic (exact) mass is 296 g/mol. The van der Waals surface area contributed by atoms with E-state index < -0.39 is 0 Å². The molecule has 0 saturated carbocycles. The number of hydrogen-bond donors (Lipinski definition) is 1. The van der Waals surface area contributed by atoms with Gasteiger partial charge in [0.25, 0.3) is 0 Å². The summed E-state index contributed by atoms with van der Waals surface area (Å²) < 4.78 is 0. The molecule has 1 atom stereocenters. The van der Waals surface area contributed by atoms with E-state index in [1.165, 1.54) is 16.8 Å². The molecule has 0 spiro atoms. The molecule has 2 aromatic carbocycles. The van der Waals surface area contributed by atoms with Gasteiger partial charge in [-0.3, -0.25) is 0 Å². The molecule has 3 rings (SSSR count). The Morgan fingerprint density at radius 1 is 1.19 bits per heavy atom. The molecule has 1 aliphatic heterocycles. The van der Waals surface area contributed by atoms with E-state index in [4.69, 9.17) is 12.2 Å². The minimum atomic E-state index is 0.399. The fraction of sp³-hybridized carbons (Fsp3) is 0.278. The normalized spacial score (nSPS) is 16.7. The molecular weight excluding hydrogens is 276 g/mol. The van der Waals surface area contributed by atoms with Gasteiger partial charge in [0.2, 0.25) is 0 Å². The fourth-order valence-corrected chi connectivity index (χ4v) is 3.39. The van der Waals surface area contributed by atoms with Crippen LogP contribution in [0.1, 0.15) is 25.0 Å². The average molecular weight is 296 g/mol. The SMILES string of the molecule is CCc1ccccc1NC(=S)N1c2ccccc2CC1C. The second kappa shape index (κ2) is 5.86. The minimum absolute atomic E-state index is 0.399. The number of benzene rings is 2. The van der Waals surface area contributed by atoms with Crippen LogP contribution in [0.5, 0.6) is 0 Å². The van der Waals surface area contributed by atoms with Crippen molar-refractivity contribution in [2.75, 3.05) is 10.2 Å². The molecule has 0 aromatic heterocycles. The van der Waals surface area contributed by atoms with Gasteiger partial charge in [-0.2, -0.15) is 0 Å². The Kier molecular flexibility index (Phi) is 3.93. The molecule has 2 aromatic rings. The number of rotatable bonds is 2. The first-order valence-electron chi connectivity index (χ1n) is 7.46. The number of nitrogens with one attached hydrogen (secondary N) is 1. The predicted molar refractivity (Wildman–Crippen MR) is 94.1 cm³/mol. The Morgan fingerprint density at radius 2 is 1.90 bits per heavy atom. The second-order valence-corrected chi connectivity index (χ2v) is 5.88. The molecule has 21 heavy (non-hydrogen) atoms. The lowest BCUT2D eigenvalue weighted by molar-refractivity contribution is 0.776. The van der Waals surface area contributed by atoms with Crippen LogP contribution in [0.3, 0.4) is 0 Å². The Labute approximate surface area is 131 Å². The van der Waals surface area contributed by atoms with Gasteiger partial charge >= 0.3 is 0 Å². The van der Waals surface area contributed by atoms with Gasteiger partial charge < -0.3 is 10.2 Å². The topological polar surface area (TPSA) is 15.3 Å². The zero-order chi connectivity index (χ0) is 14.8. The van der Waals surface area contributed by atoms with E-state index in [2.05, 4.69) is 66.5 Å². The summed E-state index contributed by atoms with van der Waals surface area (Å²) in [4.78, 5) is 2.23. The van der Waals surface area contributed by atoms with Gasteiger partial charge in [0.05, 0.1) is 0 Å². The van der Waals surface area contributed by atoms with Crippen LogP contribution in [0.4, 0.5) is 11.4 Å². The van der Waals surface area contributed by atoms with Crippen molar-refractivity contribution in [3.8, 4) is 0 Å². The van der Waals surface area contributed by atoms with Crippen LogP contribution in [0, 0.1) is 0 Å². The van der Waals surface area contributed by atoms with E-state index in [-0.39, 0.29) is 0 Å². The lowest BCUT2D eigenvalue weighted by Gasteiger charge is -2.26. The second-order valence-electron chi connectivity index (χ2n) is 5.49. The number of thiocarbonyl (C=S) groups is 1. The summed E-state index contributed by atoms with van der Waals surface area (Å²) in [7, 11) is 0. The van der Waals surface area contributed by atoms with Crippen LogP contribution >= 0.6 is 12.2 Å². The summed E-state index contributed by atoms with van der Waals surface area (Å²) >= 11 is 5.67. The lowest BCUT2D eigenvalue weighted by atomic mass is 10.1. The Balaban J connectivity index is 1.86. The van der Waals surface area contributed by atoms with Crippen molar-refractivity contribution in [3.05, 3.63) is 59.7 Å². The smallest absolute Gasteiger partial charge is 0.178 e. The average Bonchev–Trinajstić information content (AvgIpc) is 2.83. The molecule has 108 valence electrons. The first kappa shape index (κ1) is 14.1. The van der Waals surface area contributed by atoms with Gasteiger partial charge in [-0.1, -0.05) is 43.3 Å². The van der Waals surface area contributed by atoms with E-state index in [0.717, 1.165) is 23.6 Å². The van der Waals surface area contributed by atoms with E-state index in [0.29, 0.717) is 6.04 Å². The summed E-state index contributed by atoms with van der Waals surface area (Å²) in [5.41, 5.74) is 5.01. The summed E-state index contributed by atoms with van der Waals surface area (Å²) in [5, 5.41) is 4.22. The van der Waals surface area contributed by atoms with Crippen LogP contribution in [0.15, 0.2) is 48.5 Å². The van der Waals surface area contributed by atoms with Gasteiger partial charge in [-0.05, 0) is 55.2 Å². The Hall–Kier alpha value is -1.87. The van der Waals surface area contributed by atoms with Crippen molar-refractivity contribution in [1.82, 2.24) is 0 Å². The third-order valence-electron chi connectivity index (χ3n) is 4.07. The summed E-state index contributed by atoms with van der Waals surface area (Å²) in [5.74, 6) is 0. The highest BCUT2D eigenvalue weighted by atomic mass is 32.1. The van der Waals surface area contributed by atoms with E-state index >= 15 is 0 Å². The molecule has 1 N–H and O–H groups in total. The van der Waals surface area contributed by atoms with Crippen LogP contribution in [-0.4, -0.2) is 11.2 Å². The molecule has 0 aliphatic carbocycles. The molecule has 0 amide bonds. The highest BCUT2D eigenvalue weighted by Crippen LogP contribution is 2.32. The largest absolute Gasteiger partial charge is 0.332 e. The molecule has 1 aliphatic rings. The van der Waals surface area contributed by atoms with Gasteiger partial charge in [-0.15, -0.1) is 0 Å². The van der Waals surface area contributed by atoms with E-state index in [9.17, 15) is 0 Å². The zero-order valence-corrected chi connectivity index (χ0v) is 13.3. The quantitative estimate of drug-likeness (QED) is 0.827. The van der Waals surface area contributed by atoms with Gasteiger partial charge in [-0.25, -0.2) is 0 Å². The third-order valence-corrected chi connectivity index (χ3v) is 4.36. The predicted octanol–water partition coefficient (Wildman–Crippen LogP) is 4.40. The highest BCUT2D eigenvalue weighted by molar-refractivity contribution is 7.80. The fourth-order valence-electron chi connectivity index (χ4n) is 3.00. The molecule has 0 radical (unpaired) electrons. The summed E-state index contributed by atoms with van der Waals surface area (Å²) in [6.07, 6.45) is 2.05. The first-order chi connectivity index (χ1) is 10.2. The number of fused-ring (bicyclic) bond motifs is 1. The molecular formula is C18H20N2S. The number of para-hydroxylation sites is 2. The van der Waals surface area contributed by atoms with Crippen molar-refractivity contribution < 1.29 is 0 Å². The summed E-state index contributed by atoms with van der Waals surface area (Å²) in [6, 6.07) is 17.3. The molecule has 2 nitrogen and oxygen atoms in total. The van der Waals surface area contributed by atoms with Gasteiger partial charge in [0.15, 0.2) is 5.11 Å². The number of aryl methyl sites for hydroxylation is 1. The number of anilines is 2. The van der Waals surface area contributed by atoms with E-state index in [1.807, 2.05) is 6.07 Å². The standard InChI is InChI=1S/C18H20N2S/c1-3-14-8-4-6-10-16(14)19-18(21)20-13(2)12-15-9-5-7-11-17(15)20/h4-11,13H,3,12H2,1-2H3,(H,19,21). The Bertz CT molecular complexity index is 666. The molecule has 0 saturated heterocycles. The highest BCUT2D eigenvalue weighted by Gasteiger charge is 2.28. The number of nitrogens with zero attached hydrogens (tertiary/aromatic N) is 1. The first-order valence-corrected chi connectivity index (χ1v) is 7.87. The maximum Gasteiger partial charge on any atom is 0.178 e. The van der Waals surface area contributed by atoms with Crippen molar-refractivity contribution in [2.24, 2.45) is 0 Å². The third kappa shape index (κ3) is 2.66. The maximum absolute atomic E-state index is 5.67. The molecule has 1 unspecified atom stereocenters. The molecule has 3 heteroatoms. The van der Waals surface area contributed by atoms with Crippen molar-refractivity contribution in [1.29, 1.82) is 0 Å². The Morgan fingerprint density at radius 3 is 2.71 bits per heavy atom. The van der Waals surface area contributed by atoms with Crippen LogP contribution in [0.25, 0.3) is 0 Å². The lowest BCUT2D eigenvalue weighted by Crippen LogP contribution is -2.39. The van der Waals surface area contributed by atoms with Crippen molar-refractivity contribution >= 4 is 28.7 Å². The van der Waals surface area contributed by atoms with E-state index in [1.54, 1.807) is 0 Å². The zero-order valence-electron chi connectivity index (χ0n) is 12.5. The minimum Gasteiger partial charge on any atom is -0.332 e. The van der Waals surface area contributed by atoms with Crippen molar-refractivity contribution in [2.45, 2.75) is 32.7 Å². The molecule has 1 heterocycles. The molecule has 0 bridgehead atoms. The number of hydrogen-bond acceptors (Lipinski definition) is 1.